The minimum absolute atomic E-state index is 0.283. The lowest BCUT2D eigenvalue weighted by atomic mass is 10.1. The van der Waals surface area contributed by atoms with E-state index in [9.17, 15) is 9.59 Å². The van der Waals surface area contributed by atoms with Crippen LogP contribution in [0.4, 0.5) is 16.2 Å². The highest BCUT2D eigenvalue weighted by atomic mass is 35.5. The highest BCUT2D eigenvalue weighted by Crippen LogP contribution is 2.18. The maximum Gasteiger partial charge on any atom is 0.320 e. The van der Waals surface area contributed by atoms with Crippen LogP contribution in [0.2, 0.25) is 5.02 Å². The van der Waals surface area contributed by atoms with Gasteiger partial charge in [-0.15, -0.1) is 0 Å². The molecule has 0 aliphatic carbocycles. The van der Waals surface area contributed by atoms with Crippen molar-refractivity contribution in [2.24, 2.45) is 0 Å². The number of nitrogens with zero attached hydrogens (tertiary/aromatic N) is 1. The molecule has 0 aliphatic rings. The van der Waals surface area contributed by atoms with Gasteiger partial charge in [-0.3, -0.25) is 10.2 Å². The summed E-state index contributed by atoms with van der Waals surface area (Å²) in [5.41, 5.74) is 2.40. The van der Waals surface area contributed by atoms with Crippen molar-refractivity contribution in [2.45, 2.75) is 6.04 Å². The number of urea groups is 1. The zero-order chi connectivity index (χ0) is 23.8. The van der Waals surface area contributed by atoms with E-state index in [0.29, 0.717) is 27.5 Å². The Morgan fingerprint density at radius 2 is 1.52 bits per heavy atom. The molecule has 4 N–H and O–H groups in total. The summed E-state index contributed by atoms with van der Waals surface area (Å²) in [6.45, 7) is 3.65. The minimum Gasteiger partial charge on any atom is -0.337 e. The second kappa shape index (κ2) is 11.0. The molecule has 3 aromatic rings. The fraction of sp³-hybridized carbons (Fsp3) is 0.0800. The molecule has 0 saturated carbocycles. The van der Waals surface area contributed by atoms with Gasteiger partial charge in [-0.05, 0) is 60.3 Å². The molecule has 1 unspecified atom stereocenters. The Morgan fingerprint density at radius 3 is 2.12 bits per heavy atom. The summed E-state index contributed by atoms with van der Waals surface area (Å²) in [6.07, 6.45) is 1.54. The van der Waals surface area contributed by atoms with Gasteiger partial charge in [0.05, 0.1) is 0 Å². The predicted molar refractivity (Wildman–Crippen MR) is 133 cm³/mol. The smallest absolute Gasteiger partial charge is 0.320 e. The number of amidine groups is 1. The molecule has 8 heteroatoms. The van der Waals surface area contributed by atoms with Crippen LogP contribution in [0.1, 0.15) is 17.2 Å². The third kappa shape index (κ3) is 6.44. The van der Waals surface area contributed by atoms with Crippen LogP contribution in [-0.4, -0.2) is 29.7 Å². The molecule has 3 aromatic carbocycles. The van der Waals surface area contributed by atoms with Gasteiger partial charge in [0.15, 0.2) is 0 Å². The Morgan fingerprint density at radius 1 is 0.939 bits per heavy atom. The first-order valence-corrected chi connectivity index (χ1v) is 10.5. The second-order valence-electron chi connectivity index (χ2n) is 7.16. The predicted octanol–water partition coefficient (Wildman–Crippen LogP) is 5.24. The second-order valence-corrected chi connectivity index (χ2v) is 7.59. The average Bonchev–Trinajstić information content (AvgIpc) is 2.84. The van der Waals surface area contributed by atoms with Crippen LogP contribution in [-0.2, 0) is 4.79 Å². The molecule has 0 bridgehead atoms. The Bertz CT molecular complexity index is 1130. The normalized spacial score (nSPS) is 11.1. The van der Waals surface area contributed by atoms with E-state index in [1.165, 1.54) is 0 Å². The summed E-state index contributed by atoms with van der Waals surface area (Å²) in [6, 6.07) is 21.0. The molecule has 0 radical (unpaired) electrons. The fourth-order valence-corrected chi connectivity index (χ4v) is 3.12. The molecule has 0 aromatic heterocycles. The van der Waals surface area contributed by atoms with Crippen molar-refractivity contribution in [1.29, 1.82) is 5.41 Å². The van der Waals surface area contributed by atoms with Gasteiger partial charge < -0.3 is 20.9 Å². The van der Waals surface area contributed by atoms with E-state index in [2.05, 4.69) is 22.5 Å². The van der Waals surface area contributed by atoms with Gasteiger partial charge in [-0.2, -0.15) is 0 Å². The fourth-order valence-electron chi connectivity index (χ4n) is 3.00. The van der Waals surface area contributed by atoms with Gasteiger partial charge in [0.2, 0.25) is 0 Å². The van der Waals surface area contributed by atoms with E-state index in [4.69, 9.17) is 17.0 Å². The van der Waals surface area contributed by atoms with E-state index >= 15 is 0 Å². The summed E-state index contributed by atoms with van der Waals surface area (Å²) in [7, 11) is 1.73. The molecular weight excluding hydrogens is 438 g/mol. The molecule has 1 atom stereocenters. The lowest BCUT2D eigenvalue weighted by molar-refractivity contribution is -0.118. The van der Waals surface area contributed by atoms with Crippen LogP contribution in [0.15, 0.2) is 91.6 Å². The topological polar surface area (TPSA) is 97.3 Å². The highest BCUT2D eigenvalue weighted by molar-refractivity contribution is 6.30. The number of hydrogen-bond donors (Lipinski definition) is 4. The number of benzene rings is 3. The van der Waals surface area contributed by atoms with Gasteiger partial charge in [-0.25, -0.2) is 4.79 Å². The first-order valence-electron chi connectivity index (χ1n) is 10.1. The van der Waals surface area contributed by atoms with E-state index in [1.807, 2.05) is 6.07 Å². The third-order valence-electron chi connectivity index (χ3n) is 4.83. The van der Waals surface area contributed by atoms with Crippen LogP contribution < -0.4 is 16.0 Å². The van der Waals surface area contributed by atoms with Crippen molar-refractivity contribution in [2.75, 3.05) is 17.7 Å². The number of nitrogens with one attached hydrogen (secondary N) is 4. The van der Waals surface area contributed by atoms with E-state index < -0.39 is 18.0 Å². The Labute approximate surface area is 197 Å². The van der Waals surface area contributed by atoms with Crippen LogP contribution in [0.3, 0.4) is 0 Å². The quantitative estimate of drug-likeness (QED) is 0.286. The van der Waals surface area contributed by atoms with Crippen molar-refractivity contribution in [3.8, 4) is 0 Å². The molecule has 0 saturated heterocycles. The Balaban J connectivity index is 1.73. The van der Waals surface area contributed by atoms with Crippen molar-refractivity contribution in [3.63, 3.8) is 0 Å². The standard InChI is InChI=1S/C25H24ClN5O2/c1-3-31(2)23(27)18-9-13-20(14-10-18)28-24(32)22(17-7-5-4-6-8-17)30-25(33)29-21-15-11-19(26)12-16-21/h3-16,22,27H,1H2,2H3,(H,28,32)(H2,29,30,33). The minimum atomic E-state index is -0.927. The zero-order valence-electron chi connectivity index (χ0n) is 18.0. The summed E-state index contributed by atoms with van der Waals surface area (Å²) in [5.74, 6) is -0.121. The van der Waals surface area contributed by atoms with Gasteiger partial charge >= 0.3 is 6.03 Å². The highest BCUT2D eigenvalue weighted by Gasteiger charge is 2.23. The monoisotopic (exact) mass is 461 g/mol. The lowest BCUT2D eigenvalue weighted by Crippen LogP contribution is -2.39. The van der Waals surface area contributed by atoms with Crippen molar-refractivity contribution in [1.82, 2.24) is 10.2 Å². The summed E-state index contributed by atoms with van der Waals surface area (Å²) in [5, 5.41) is 16.9. The largest absolute Gasteiger partial charge is 0.337 e. The molecule has 0 heterocycles. The molecule has 0 spiro atoms. The number of anilines is 2. The number of carbonyl (C=O) groups is 2. The van der Waals surface area contributed by atoms with Crippen LogP contribution in [0.5, 0.6) is 0 Å². The van der Waals surface area contributed by atoms with Crippen molar-refractivity contribution < 1.29 is 9.59 Å². The molecule has 0 aliphatic heterocycles. The van der Waals surface area contributed by atoms with Gasteiger partial charge in [-0.1, -0.05) is 48.5 Å². The van der Waals surface area contributed by atoms with E-state index in [-0.39, 0.29) is 5.84 Å². The Hall–Kier alpha value is -4.10. The first-order chi connectivity index (χ1) is 15.9. The number of amides is 3. The molecule has 168 valence electrons. The molecule has 3 amide bonds. The van der Waals surface area contributed by atoms with Crippen LogP contribution in [0, 0.1) is 5.41 Å². The number of halogens is 1. The maximum absolute atomic E-state index is 13.1. The van der Waals surface area contributed by atoms with E-state index in [1.54, 1.807) is 90.9 Å². The van der Waals surface area contributed by atoms with Gasteiger partial charge in [0.25, 0.3) is 5.91 Å². The average molecular weight is 462 g/mol. The summed E-state index contributed by atoms with van der Waals surface area (Å²) < 4.78 is 0. The van der Waals surface area contributed by atoms with Gasteiger partial charge in [0.1, 0.15) is 11.9 Å². The maximum atomic E-state index is 13.1. The number of hydrogen-bond acceptors (Lipinski definition) is 3. The summed E-state index contributed by atoms with van der Waals surface area (Å²) >= 11 is 5.88. The van der Waals surface area contributed by atoms with Gasteiger partial charge in [0, 0.05) is 29.0 Å². The zero-order valence-corrected chi connectivity index (χ0v) is 18.8. The molecule has 33 heavy (non-hydrogen) atoms. The molecular formula is C25H24ClN5O2. The molecule has 3 rings (SSSR count). The molecule has 0 fully saturated rings. The van der Waals surface area contributed by atoms with Crippen molar-refractivity contribution >= 4 is 40.7 Å². The van der Waals surface area contributed by atoms with Crippen molar-refractivity contribution in [3.05, 3.63) is 108 Å². The van der Waals surface area contributed by atoms with Crippen LogP contribution >= 0.6 is 11.6 Å². The summed E-state index contributed by atoms with van der Waals surface area (Å²) in [4.78, 5) is 27.2. The number of carbonyl (C=O) groups excluding carboxylic acids is 2. The lowest BCUT2D eigenvalue weighted by Gasteiger charge is -2.20. The first kappa shape index (κ1) is 23.6. The van der Waals surface area contributed by atoms with E-state index in [0.717, 1.165) is 0 Å². The Kier molecular flexibility index (Phi) is 7.83. The molecule has 7 nitrogen and oxygen atoms in total. The third-order valence-corrected chi connectivity index (χ3v) is 5.08. The number of rotatable bonds is 7. The van der Waals surface area contributed by atoms with Crippen LogP contribution in [0.25, 0.3) is 0 Å². The SMILES string of the molecule is C=CN(C)C(=N)c1ccc(NC(=O)C(NC(=O)Nc2ccc(Cl)cc2)c2ccccc2)cc1.